The summed E-state index contributed by atoms with van der Waals surface area (Å²) in [4.78, 5) is 22.4. The molecule has 0 aromatic carbocycles. The van der Waals surface area contributed by atoms with Crippen molar-refractivity contribution in [1.82, 2.24) is 9.97 Å². The Hall–Kier alpha value is -2.12. The zero-order chi connectivity index (χ0) is 18.4. The van der Waals surface area contributed by atoms with Gasteiger partial charge in [-0.3, -0.25) is 0 Å². The maximum atomic E-state index is 12.2. The Labute approximate surface area is 155 Å². The molecule has 0 spiro atoms. The van der Waals surface area contributed by atoms with Gasteiger partial charge in [-0.15, -0.1) is 11.3 Å². The SMILES string of the molecule is C\C=C/C=C(\C=C/C)c1nc(SC)nc2sc(C(=O)OCC)c(N)c12. The Balaban J connectivity index is 2.79. The predicted octanol–water partition coefficient (Wildman–Crippen LogP) is 4.71. The second-order valence-corrected chi connectivity index (χ2v) is 6.72. The molecule has 2 heterocycles. The van der Waals surface area contributed by atoms with Gasteiger partial charge in [0, 0.05) is 5.57 Å². The van der Waals surface area contributed by atoms with Crippen molar-refractivity contribution >= 4 is 50.5 Å². The molecule has 0 radical (unpaired) electrons. The van der Waals surface area contributed by atoms with E-state index in [1.165, 1.54) is 23.1 Å². The van der Waals surface area contributed by atoms with E-state index in [1.807, 2.05) is 50.5 Å². The minimum Gasteiger partial charge on any atom is -0.462 e. The van der Waals surface area contributed by atoms with Crippen molar-refractivity contribution in [2.24, 2.45) is 0 Å². The Morgan fingerprint density at radius 2 is 2.08 bits per heavy atom. The van der Waals surface area contributed by atoms with Gasteiger partial charge in [-0.1, -0.05) is 42.1 Å². The minimum absolute atomic E-state index is 0.298. The summed E-state index contributed by atoms with van der Waals surface area (Å²) in [7, 11) is 0. The smallest absolute Gasteiger partial charge is 0.350 e. The van der Waals surface area contributed by atoms with Crippen LogP contribution >= 0.6 is 23.1 Å². The average Bonchev–Trinajstić information content (AvgIpc) is 2.95. The second-order valence-electron chi connectivity index (χ2n) is 4.95. The first kappa shape index (κ1) is 19.2. The highest BCUT2D eigenvalue weighted by atomic mass is 32.2. The number of nitrogens with two attached hydrogens (primary N) is 1. The van der Waals surface area contributed by atoms with Crippen LogP contribution < -0.4 is 5.73 Å². The molecule has 7 heteroatoms. The van der Waals surface area contributed by atoms with Gasteiger partial charge in [-0.25, -0.2) is 14.8 Å². The molecule has 25 heavy (non-hydrogen) atoms. The molecule has 5 nitrogen and oxygen atoms in total. The summed E-state index contributed by atoms with van der Waals surface area (Å²) in [6, 6.07) is 0. The summed E-state index contributed by atoms with van der Waals surface area (Å²) in [6.45, 7) is 5.96. The Morgan fingerprint density at radius 3 is 2.68 bits per heavy atom. The van der Waals surface area contributed by atoms with Crippen LogP contribution in [0.5, 0.6) is 0 Å². The van der Waals surface area contributed by atoms with E-state index >= 15 is 0 Å². The Bertz CT molecular complexity index is 867. The van der Waals surface area contributed by atoms with Crippen LogP contribution in [0.3, 0.4) is 0 Å². The third kappa shape index (κ3) is 4.11. The number of aromatic nitrogens is 2. The molecule has 0 atom stereocenters. The topological polar surface area (TPSA) is 78.1 Å². The molecule has 2 N–H and O–H groups in total. The first-order valence-corrected chi connectivity index (χ1v) is 9.88. The number of hydrogen-bond donors (Lipinski definition) is 1. The lowest BCUT2D eigenvalue weighted by Gasteiger charge is -2.07. The number of thioether (sulfide) groups is 1. The molecule has 0 unspecified atom stereocenters. The monoisotopic (exact) mass is 375 g/mol. The summed E-state index contributed by atoms with van der Waals surface area (Å²) in [6.07, 6.45) is 11.7. The number of rotatable bonds is 6. The normalized spacial score (nSPS) is 12.6. The Kier molecular flexibility index (Phi) is 6.78. The number of fused-ring (bicyclic) bond motifs is 1. The number of carbonyl (C=O) groups is 1. The third-order valence-electron chi connectivity index (χ3n) is 3.30. The molecule has 0 amide bonds. The van der Waals surface area contributed by atoms with E-state index in [4.69, 9.17) is 10.5 Å². The van der Waals surface area contributed by atoms with E-state index in [2.05, 4.69) is 9.97 Å². The van der Waals surface area contributed by atoms with Crippen molar-refractivity contribution in [3.63, 3.8) is 0 Å². The van der Waals surface area contributed by atoms with E-state index in [9.17, 15) is 4.79 Å². The van der Waals surface area contributed by atoms with Crippen molar-refractivity contribution in [2.45, 2.75) is 25.9 Å². The molecule has 132 valence electrons. The van der Waals surface area contributed by atoms with Crippen molar-refractivity contribution in [1.29, 1.82) is 0 Å². The van der Waals surface area contributed by atoms with E-state index in [1.54, 1.807) is 6.92 Å². The fraction of sp³-hybridized carbons (Fsp3) is 0.278. The average molecular weight is 376 g/mol. The minimum atomic E-state index is -0.426. The van der Waals surface area contributed by atoms with Crippen LogP contribution in [-0.2, 0) is 4.74 Å². The summed E-state index contributed by atoms with van der Waals surface area (Å²) in [5.41, 5.74) is 8.27. The standard InChI is InChI=1S/C18H21N3O2S2/c1-5-8-10-11(9-6-2)14-12-13(19)15(17(22)23-7-3)25-16(12)21-18(20-14)24-4/h5-6,8-10H,7,19H2,1-4H3/b8-5-,9-6-,11-10+. The number of esters is 1. The molecule has 0 aliphatic carbocycles. The van der Waals surface area contributed by atoms with Gasteiger partial charge in [0.05, 0.1) is 23.4 Å². The van der Waals surface area contributed by atoms with Crippen LogP contribution in [0.25, 0.3) is 15.8 Å². The zero-order valence-corrected chi connectivity index (χ0v) is 16.3. The summed E-state index contributed by atoms with van der Waals surface area (Å²) in [5.74, 6) is -0.426. The van der Waals surface area contributed by atoms with Gasteiger partial charge in [0.25, 0.3) is 0 Å². The molecule has 2 aromatic rings. The van der Waals surface area contributed by atoms with Gasteiger partial charge in [-0.05, 0) is 27.0 Å². The summed E-state index contributed by atoms with van der Waals surface area (Å²) in [5, 5.41) is 1.33. The lowest BCUT2D eigenvalue weighted by molar-refractivity contribution is 0.0533. The van der Waals surface area contributed by atoms with Gasteiger partial charge in [0.15, 0.2) is 5.16 Å². The van der Waals surface area contributed by atoms with Gasteiger partial charge >= 0.3 is 5.97 Å². The van der Waals surface area contributed by atoms with E-state index in [0.29, 0.717) is 32.5 Å². The fourth-order valence-electron chi connectivity index (χ4n) is 2.24. The number of anilines is 1. The zero-order valence-electron chi connectivity index (χ0n) is 14.7. The van der Waals surface area contributed by atoms with Gasteiger partial charge in [-0.2, -0.15) is 0 Å². The maximum Gasteiger partial charge on any atom is 0.350 e. The number of nitrogen functional groups attached to an aromatic ring is 1. The van der Waals surface area contributed by atoms with Crippen molar-refractivity contribution in [2.75, 3.05) is 18.6 Å². The van der Waals surface area contributed by atoms with Crippen LogP contribution in [0, 0.1) is 0 Å². The molecule has 0 bridgehead atoms. The highest BCUT2D eigenvalue weighted by Crippen LogP contribution is 2.38. The molecule has 0 saturated carbocycles. The molecule has 2 aromatic heterocycles. The lowest BCUT2D eigenvalue weighted by Crippen LogP contribution is -2.05. The highest BCUT2D eigenvalue weighted by Gasteiger charge is 2.23. The largest absolute Gasteiger partial charge is 0.462 e. The molecular formula is C18H21N3O2S2. The second kappa shape index (κ2) is 8.82. The van der Waals surface area contributed by atoms with Crippen LogP contribution in [0.4, 0.5) is 5.69 Å². The van der Waals surface area contributed by atoms with Crippen LogP contribution in [-0.4, -0.2) is 28.8 Å². The molecule has 0 aliphatic rings. The first-order valence-electron chi connectivity index (χ1n) is 7.84. The summed E-state index contributed by atoms with van der Waals surface area (Å²) >= 11 is 2.69. The van der Waals surface area contributed by atoms with Gasteiger partial charge < -0.3 is 10.5 Å². The number of carbonyl (C=O) groups excluding carboxylic acids is 1. The van der Waals surface area contributed by atoms with E-state index in [-0.39, 0.29) is 0 Å². The van der Waals surface area contributed by atoms with Crippen LogP contribution in [0.2, 0.25) is 0 Å². The number of allylic oxidation sites excluding steroid dienone is 6. The maximum absolute atomic E-state index is 12.2. The van der Waals surface area contributed by atoms with Crippen molar-refractivity contribution in [3.05, 3.63) is 41.0 Å². The van der Waals surface area contributed by atoms with Crippen molar-refractivity contribution in [3.8, 4) is 0 Å². The number of nitrogens with zero attached hydrogens (tertiary/aromatic N) is 2. The first-order chi connectivity index (χ1) is 12.1. The molecule has 0 fully saturated rings. The van der Waals surface area contributed by atoms with E-state index < -0.39 is 5.97 Å². The van der Waals surface area contributed by atoms with Crippen LogP contribution in [0.1, 0.15) is 36.1 Å². The quantitative estimate of drug-likeness (QED) is 0.341. The number of thiophene rings is 1. The fourth-order valence-corrected chi connectivity index (χ4v) is 3.66. The van der Waals surface area contributed by atoms with Gasteiger partial charge in [0.2, 0.25) is 0 Å². The lowest BCUT2D eigenvalue weighted by atomic mass is 10.1. The summed E-state index contributed by atoms with van der Waals surface area (Å²) < 4.78 is 5.11. The highest BCUT2D eigenvalue weighted by molar-refractivity contribution is 7.98. The molecular weight excluding hydrogens is 354 g/mol. The molecule has 2 rings (SSSR count). The molecule has 0 aliphatic heterocycles. The molecule has 0 saturated heterocycles. The Morgan fingerprint density at radius 1 is 1.32 bits per heavy atom. The number of hydrogen-bond acceptors (Lipinski definition) is 7. The van der Waals surface area contributed by atoms with Crippen molar-refractivity contribution < 1.29 is 9.53 Å². The van der Waals surface area contributed by atoms with E-state index in [0.717, 1.165) is 11.3 Å². The predicted molar refractivity (Wildman–Crippen MR) is 107 cm³/mol. The van der Waals surface area contributed by atoms with Gasteiger partial charge in [0.1, 0.15) is 9.71 Å². The van der Waals surface area contributed by atoms with Crippen LogP contribution in [0.15, 0.2) is 35.5 Å². The third-order valence-corrected chi connectivity index (χ3v) is 4.93. The number of ether oxygens (including phenoxy) is 1.